The molecule has 1 N–H and O–H groups in total. The molecule has 0 aliphatic heterocycles. The highest BCUT2D eigenvalue weighted by atomic mass is 16.5. The van der Waals surface area contributed by atoms with Crippen LogP contribution in [0.5, 0.6) is 0 Å². The van der Waals surface area contributed by atoms with Gasteiger partial charge in [0.2, 0.25) is 0 Å². The number of nitrogens with zero attached hydrogens (tertiary/aromatic N) is 2. The Morgan fingerprint density at radius 2 is 1.91 bits per heavy atom. The molecule has 6 heteroatoms. The van der Waals surface area contributed by atoms with Gasteiger partial charge in [0.25, 0.3) is 0 Å². The highest BCUT2D eigenvalue weighted by molar-refractivity contribution is 6.24. The summed E-state index contributed by atoms with van der Waals surface area (Å²) in [6, 6.07) is 10.0. The number of carbonyl (C=O) groups is 2. The molecule has 4 rings (SSSR count). The van der Waals surface area contributed by atoms with Crippen molar-refractivity contribution in [2.24, 2.45) is 10.4 Å². The summed E-state index contributed by atoms with van der Waals surface area (Å²) in [6.07, 6.45) is 4.62. The largest absolute Gasteiger partial charge is 0.511 e. The van der Waals surface area contributed by atoms with Crippen molar-refractivity contribution < 1.29 is 19.2 Å². The van der Waals surface area contributed by atoms with E-state index >= 15 is 0 Å². The molecule has 6 nitrogen and oxygen atoms in total. The van der Waals surface area contributed by atoms with E-state index in [1.807, 2.05) is 44.2 Å². The molecule has 2 aromatic rings. The first kappa shape index (κ1) is 24.1. The van der Waals surface area contributed by atoms with Crippen molar-refractivity contribution in [1.82, 2.24) is 5.16 Å². The van der Waals surface area contributed by atoms with Crippen LogP contribution in [-0.4, -0.2) is 34.1 Å². The molecule has 0 saturated heterocycles. The van der Waals surface area contributed by atoms with E-state index in [9.17, 15) is 14.7 Å². The van der Waals surface area contributed by atoms with Crippen molar-refractivity contribution in [3.63, 3.8) is 0 Å². The van der Waals surface area contributed by atoms with Gasteiger partial charge in [0.1, 0.15) is 11.5 Å². The Morgan fingerprint density at radius 3 is 2.65 bits per heavy atom. The predicted octanol–water partition coefficient (Wildman–Crippen LogP) is 5.96. The summed E-state index contributed by atoms with van der Waals surface area (Å²) < 4.78 is 5.48. The average molecular weight is 463 g/mol. The first-order valence-electron chi connectivity index (χ1n) is 12.3. The fourth-order valence-corrected chi connectivity index (χ4v) is 5.05. The van der Waals surface area contributed by atoms with Crippen LogP contribution in [0.15, 0.2) is 51.2 Å². The third-order valence-corrected chi connectivity index (χ3v) is 6.80. The van der Waals surface area contributed by atoms with E-state index in [-0.39, 0.29) is 35.1 Å². The summed E-state index contributed by atoms with van der Waals surface area (Å²) >= 11 is 0. The number of ketones is 2. The third-order valence-electron chi connectivity index (χ3n) is 6.80. The number of aliphatic imine (C=N–C) groups is 1. The maximum Gasteiger partial charge on any atom is 0.168 e. The lowest BCUT2D eigenvalue weighted by molar-refractivity contribution is -0.116. The van der Waals surface area contributed by atoms with Crippen molar-refractivity contribution in [2.45, 2.75) is 78.1 Å². The molecule has 2 aliphatic rings. The number of Topliss-reactive ketones (excluding diaryl/α,β-unsaturated/α-hetero) is 2. The maximum absolute atomic E-state index is 13.2. The molecule has 1 heterocycles. The van der Waals surface area contributed by atoms with Crippen molar-refractivity contribution in [3.05, 3.63) is 64.2 Å². The molecule has 34 heavy (non-hydrogen) atoms. The Bertz CT molecular complexity index is 1120. The van der Waals surface area contributed by atoms with E-state index < -0.39 is 0 Å². The molecule has 0 bridgehead atoms. The summed E-state index contributed by atoms with van der Waals surface area (Å²) in [5.74, 6) is 0.690. The lowest BCUT2D eigenvalue weighted by Gasteiger charge is -2.27. The number of allylic oxidation sites excluding steroid dienone is 2. The van der Waals surface area contributed by atoms with E-state index in [1.165, 1.54) is 0 Å². The molecule has 180 valence electrons. The average Bonchev–Trinajstić information content (AvgIpc) is 3.20. The molecule has 1 aromatic carbocycles. The van der Waals surface area contributed by atoms with Gasteiger partial charge in [-0.15, -0.1) is 0 Å². The van der Waals surface area contributed by atoms with Crippen LogP contribution in [-0.2, 0) is 17.6 Å². The lowest BCUT2D eigenvalue weighted by Crippen LogP contribution is -2.27. The summed E-state index contributed by atoms with van der Waals surface area (Å²) in [5, 5.41) is 15.2. The number of carbonyl (C=O) groups excluding carboxylic acids is 2. The Hall–Kier alpha value is -3.02. The molecule has 1 unspecified atom stereocenters. The topological polar surface area (TPSA) is 92.8 Å². The van der Waals surface area contributed by atoms with Crippen molar-refractivity contribution in [2.75, 3.05) is 6.54 Å². The zero-order valence-electron chi connectivity index (χ0n) is 20.4. The number of benzene rings is 1. The number of hydrogen-bond acceptors (Lipinski definition) is 6. The number of hydrogen-bond donors (Lipinski definition) is 1. The molecule has 1 fully saturated rings. The minimum atomic E-state index is -0.140. The first-order valence-corrected chi connectivity index (χ1v) is 12.3. The number of aromatic nitrogens is 1. The second-order valence-corrected chi connectivity index (χ2v) is 10.3. The Kier molecular flexibility index (Phi) is 7.15. The van der Waals surface area contributed by atoms with Gasteiger partial charge in [0.05, 0.1) is 16.8 Å². The van der Waals surface area contributed by atoms with E-state index in [1.54, 1.807) is 0 Å². The van der Waals surface area contributed by atoms with Gasteiger partial charge < -0.3 is 9.63 Å². The number of fused-ring (bicyclic) bond motifs is 1. The second-order valence-electron chi connectivity index (χ2n) is 10.3. The fraction of sp³-hybridized carbons (Fsp3) is 0.500. The lowest BCUT2D eigenvalue weighted by atomic mass is 9.76. The fourth-order valence-electron chi connectivity index (χ4n) is 5.05. The first-order chi connectivity index (χ1) is 16.3. The van der Waals surface area contributed by atoms with Crippen molar-refractivity contribution >= 4 is 17.3 Å². The molecule has 1 saturated carbocycles. The van der Waals surface area contributed by atoms with Gasteiger partial charge in [-0.3, -0.25) is 14.6 Å². The van der Waals surface area contributed by atoms with Crippen LogP contribution >= 0.6 is 0 Å². The molecule has 0 radical (unpaired) electrons. The van der Waals surface area contributed by atoms with Crippen LogP contribution < -0.4 is 0 Å². The van der Waals surface area contributed by atoms with E-state index in [2.05, 4.69) is 12.1 Å². The van der Waals surface area contributed by atoms with Gasteiger partial charge in [0, 0.05) is 44.4 Å². The number of aryl methyl sites for hydroxylation is 1. The standard InChI is InChI=1S/C28H34N2O4/c1-4-5-13-29-21-14-19(18-9-7-6-8-10-18)15-23(32)26(21)22(31)12-11-20-27-24(33)16-28(2,3)17-25(27)34-30-20/h6-10,19,31H,4-5,11-17H2,1-3H3. The smallest absolute Gasteiger partial charge is 0.168 e. The summed E-state index contributed by atoms with van der Waals surface area (Å²) in [7, 11) is 0. The normalized spacial score (nSPS) is 22.7. The van der Waals surface area contributed by atoms with Crippen molar-refractivity contribution in [3.8, 4) is 0 Å². The Labute approximate surface area is 201 Å². The molecular weight excluding hydrogens is 428 g/mol. The van der Waals surface area contributed by atoms with Gasteiger partial charge >= 0.3 is 0 Å². The van der Waals surface area contributed by atoms with Crippen LogP contribution in [0.2, 0.25) is 0 Å². The van der Waals surface area contributed by atoms with Gasteiger partial charge in [-0.25, -0.2) is 0 Å². The van der Waals surface area contributed by atoms with E-state index in [4.69, 9.17) is 9.52 Å². The molecule has 1 atom stereocenters. The number of aliphatic hydroxyl groups excluding tert-OH is 1. The minimum absolute atomic E-state index is 0.0344. The van der Waals surface area contributed by atoms with Crippen LogP contribution in [0.4, 0.5) is 0 Å². The maximum atomic E-state index is 13.2. The van der Waals surface area contributed by atoms with Crippen LogP contribution in [0.1, 0.15) is 92.6 Å². The summed E-state index contributed by atoms with van der Waals surface area (Å²) in [4.78, 5) is 30.6. The van der Waals surface area contributed by atoms with Crippen LogP contribution in [0.25, 0.3) is 0 Å². The molecule has 0 spiro atoms. The van der Waals surface area contributed by atoms with Crippen LogP contribution in [0.3, 0.4) is 0 Å². The van der Waals surface area contributed by atoms with Gasteiger partial charge in [-0.1, -0.05) is 62.7 Å². The number of unbranched alkanes of at least 4 members (excludes halogenated alkanes) is 1. The third kappa shape index (κ3) is 5.21. The van der Waals surface area contributed by atoms with E-state index in [0.717, 1.165) is 18.4 Å². The zero-order valence-corrected chi connectivity index (χ0v) is 20.4. The molecular formula is C28H34N2O4. The van der Waals surface area contributed by atoms with E-state index in [0.29, 0.717) is 67.0 Å². The van der Waals surface area contributed by atoms with Gasteiger partial charge in [-0.05, 0) is 29.7 Å². The molecule has 0 amide bonds. The van der Waals surface area contributed by atoms with Crippen LogP contribution in [0, 0.1) is 5.41 Å². The summed E-state index contributed by atoms with van der Waals surface area (Å²) in [5.41, 5.74) is 3.15. The van der Waals surface area contributed by atoms with Gasteiger partial charge in [-0.2, -0.15) is 0 Å². The Balaban J connectivity index is 1.56. The van der Waals surface area contributed by atoms with Gasteiger partial charge in [0.15, 0.2) is 11.6 Å². The SMILES string of the molecule is CCCCN=C1CC(c2ccccc2)CC(=O)C1=C(O)CCc1noc2c1C(=O)CC(C)(C)C2. The van der Waals surface area contributed by atoms with Crippen molar-refractivity contribution in [1.29, 1.82) is 0 Å². The molecule has 1 aromatic heterocycles. The number of rotatable bonds is 7. The zero-order chi connectivity index (χ0) is 24.3. The molecule has 2 aliphatic carbocycles. The number of aliphatic hydroxyl groups is 1. The highest BCUT2D eigenvalue weighted by Gasteiger charge is 2.37. The summed E-state index contributed by atoms with van der Waals surface area (Å²) in [6.45, 7) is 6.83. The highest BCUT2D eigenvalue weighted by Crippen LogP contribution is 2.37. The predicted molar refractivity (Wildman–Crippen MR) is 132 cm³/mol. The Morgan fingerprint density at radius 1 is 1.15 bits per heavy atom. The second kappa shape index (κ2) is 10.1. The minimum Gasteiger partial charge on any atom is -0.511 e. The monoisotopic (exact) mass is 462 g/mol. The quantitative estimate of drug-likeness (QED) is 0.311.